The molecule has 29 heavy (non-hydrogen) atoms. The minimum absolute atomic E-state index is 0.0410. The van der Waals surface area contributed by atoms with Gasteiger partial charge in [-0.25, -0.2) is 0 Å². The first-order valence-corrected chi connectivity index (χ1v) is 10.6. The van der Waals surface area contributed by atoms with Crippen molar-refractivity contribution in [2.45, 2.75) is 50.9 Å². The number of ether oxygens (including phenoxy) is 2. The van der Waals surface area contributed by atoms with E-state index in [2.05, 4.69) is 17.4 Å². The summed E-state index contributed by atoms with van der Waals surface area (Å²) in [5, 5.41) is 3.04. The lowest BCUT2D eigenvalue weighted by atomic mass is 9.91. The second-order valence-corrected chi connectivity index (χ2v) is 7.66. The third-order valence-electron chi connectivity index (χ3n) is 5.47. The van der Waals surface area contributed by atoms with Crippen molar-refractivity contribution in [3.05, 3.63) is 53.6 Å². The third-order valence-corrected chi connectivity index (χ3v) is 5.47. The summed E-state index contributed by atoms with van der Waals surface area (Å²) >= 11 is 0. The Morgan fingerprint density at radius 2 is 1.86 bits per heavy atom. The molecule has 0 aromatic heterocycles. The second kappa shape index (κ2) is 10.9. The van der Waals surface area contributed by atoms with E-state index < -0.39 is 0 Å². The Morgan fingerprint density at radius 3 is 2.59 bits per heavy atom. The van der Waals surface area contributed by atoms with Crippen molar-refractivity contribution in [3.63, 3.8) is 0 Å². The molecular formula is C24H32N2O3. The van der Waals surface area contributed by atoms with Gasteiger partial charge in [-0.15, -0.1) is 0 Å². The zero-order valence-corrected chi connectivity index (χ0v) is 17.3. The van der Waals surface area contributed by atoms with E-state index in [0.717, 1.165) is 11.3 Å². The predicted molar refractivity (Wildman–Crippen MR) is 117 cm³/mol. The quantitative estimate of drug-likeness (QED) is 0.637. The number of methoxy groups -OCH3 is 1. The highest BCUT2D eigenvalue weighted by Crippen LogP contribution is 2.33. The molecule has 0 spiro atoms. The molecule has 156 valence electrons. The molecule has 0 bridgehead atoms. The SMILES string of the molecule is COc1cc(CC(=O)Nc2cccc(C3CCCCCC3)c2)ccc1OCCN. The van der Waals surface area contributed by atoms with Crippen LogP contribution in [0.25, 0.3) is 0 Å². The van der Waals surface area contributed by atoms with Crippen LogP contribution in [0.15, 0.2) is 42.5 Å². The molecule has 0 saturated heterocycles. The maximum absolute atomic E-state index is 12.6. The largest absolute Gasteiger partial charge is 0.493 e. The molecule has 3 N–H and O–H groups in total. The Morgan fingerprint density at radius 1 is 1.07 bits per heavy atom. The summed E-state index contributed by atoms with van der Waals surface area (Å²) in [4.78, 5) is 12.6. The van der Waals surface area contributed by atoms with Crippen LogP contribution in [0, 0.1) is 0 Å². The summed E-state index contributed by atoms with van der Waals surface area (Å²) in [6.07, 6.45) is 8.05. The van der Waals surface area contributed by atoms with E-state index in [1.807, 2.05) is 30.3 Å². The van der Waals surface area contributed by atoms with Gasteiger partial charge in [0.05, 0.1) is 13.5 Å². The number of benzene rings is 2. The van der Waals surface area contributed by atoms with Gasteiger partial charge in [0.25, 0.3) is 0 Å². The van der Waals surface area contributed by atoms with Gasteiger partial charge in [-0.2, -0.15) is 0 Å². The van der Waals surface area contributed by atoms with Crippen molar-refractivity contribution >= 4 is 11.6 Å². The zero-order chi connectivity index (χ0) is 20.5. The third kappa shape index (κ3) is 6.23. The van der Waals surface area contributed by atoms with E-state index in [1.54, 1.807) is 7.11 Å². The number of rotatable bonds is 8. The smallest absolute Gasteiger partial charge is 0.228 e. The maximum atomic E-state index is 12.6. The van der Waals surface area contributed by atoms with Crippen molar-refractivity contribution in [3.8, 4) is 11.5 Å². The highest BCUT2D eigenvalue weighted by Gasteiger charge is 2.15. The van der Waals surface area contributed by atoms with Crippen molar-refractivity contribution in [2.24, 2.45) is 5.73 Å². The van der Waals surface area contributed by atoms with Gasteiger partial charge in [0.1, 0.15) is 6.61 Å². The fourth-order valence-electron chi connectivity index (χ4n) is 3.98. The fourth-order valence-corrected chi connectivity index (χ4v) is 3.98. The van der Waals surface area contributed by atoms with Crippen LogP contribution in [0.4, 0.5) is 5.69 Å². The lowest BCUT2D eigenvalue weighted by molar-refractivity contribution is -0.115. The first-order valence-electron chi connectivity index (χ1n) is 10.6. The minimum atomic E-state index is -0.0410. The molecule has 1 aliphatic rings. The highest BCUT2D eigenvalue weighted by molar-refractivity contribution is 5.92. The van der Waals surface area contributed by atoms with Gasteiger partial charge in [-0.05, 0) is 54.2 Å². The predicted octanol–water partition coefficient (Wildman–Crippen LogP) is 4.65. The molecule has 5 nitrogen and oxygen atoms in total. The van der Waals surface area contributed by atoms with E-state index in [4.69, 9.17) is 15.2 Å². The number of amides is 1. The van der Waals surface area contributed by atoms with Crippen molar-refractivity contribution in [1.82, 2.24) is 0 Å². The van der Waals surface area contributed by atoms with Gasteiger partial charge in [0.2, 0.25) is 5.91 Å². The first kappa shape index (κ1) is 21.2. The Hall–Kier alpha value is -2.53. The lowest BCUT2D eigenvalue weighted by Gasteiger charge is -2.16. The molecule has 0 aliphatic heterocycles. The zero-order valence-electron chi connectivity index (χ0n) is 17.3. The average molecular weight is 397 g/mol. The van der Waals surface area contributed by atoms with Crippen LogP contribution < -0.4 is 20.5 Å². The van der Waals surface area contributed by atoms with Crippen LogP contribution in [0.2, 0.25) is 0 Å². The molecule has 1 saturated carbocycles. The highest BCUT2D eigenvalue weighted by atomic mass is 16.5. The van der Waals surface area contributed by atoms with Crippen LogP contribution in [0.1, 0.15) is 55.6 Å². The molecule has 1 fully saturated rings. The minimum Gasteiger partial charge on any atom is -0.493 e. The molecule has 0 atom stereocenters. The number of carbonyl (C=O) groups is 1. The first-order chi connectivity index (χ1) is 14.2. The topological polar surface area (TPSA) is 73.6 Å². The van der Waals surface area contributed by atoms with Crippen LogP contribution in [-0.4, -0.2) is 26.2 Å². The number of anilines is 1. The molecule has 1 aliphatic carbocycles. The summed E-state index contributed by atoms with van der Waals surface area (Å²) in [7, 11) is 1.59. The van der Waals surface area contributed by atoms with E-state index in [-0.39, 0.29) is 12.3 Å². The number of carbonyl (C=O) groups excluding carboxylic acids is 1. The van der Waals surface area contributed by atoms with Gasteiger partial charge in [0.15, 0.2) is 11.5 Å². The van der Waals surface area contributed by atoms with Crippen LogP contribution >= 0.6 is 0 Å². The Bertz CT molecular complexity index is 798. The molecule has 0 heterocycles. The van der Waals surface area contributed by atoms with Gasteiger partial charge in [-0.3, -0.25) is 4.79 Å². The van der Waals surface area contributed by atoms with Crippen molar-refractivity contribution < 1.29 is 14.3 Å². The van der Waals surface area contributed by atoms with Crippen molar-refractivity contribution in [1.29, 1.82) is 0 Å². The van der Waals surface area contributed by atoms with E-state index >= 15 is 0 Å². The Kier molecular flexibility index (Phi) is 7.94. The van der Waals surface area contributed by atoms with Gasteiger partial charge in [0, 0.05) is 12.2 Å². The summed E-state index contributed by atoms with van der Waals surface area (Å²) < 4.78 is 10.9. The van der Waals surface area contributed by atoms with Gasteiger partial charge >= 0.3 is 0 Å². The van der Waals surface area contributed by atoms with E-state index in [9.17, 15) is 4.79 Å². The molecular weight excluding hydrogens is 364 g/mol. The number of hydrogen-bond acceptors (Lipinski definition) is 4. The molecule has 2 aromatic rings. The molecule has 5 heteroatoms. The average Bonchev–Trinajstić information content (AvgIpc) is 3.02. The Labute approximate surface area is 173 Å². The van der Waals surface area contributed by atoms with Gasteiger partial charge < -0.3 is 20.5 Å². The number of nitrogens with one attached hydrogen (secondary N) is 1. The monoisotopic (exact) mass is 396 g/mol. The van der Waals surface area contributed by atoms with Crippen LogP contribution in [0.3, 0.4) is 0 Å². The standard InChI is InChI=1S/C24H32N2O3/c1-28-23-15-18(11-12-22(23)29-14-13-25)16-24(27)26-21-10-6-9-20(17-21)19-7-4-2-3-5-8-19/h6,9-12,15,17,19H,2-5,7-8,13-14,16,25H2,1H3,(H,26,27). The molecule has 0 radical (unpaired) electrons. The summed E-state index contributed by atoms with van der Waals surface area (Å²) in [5.41, 5.74) is 8.57. The summed E-state index contributed by atoms with van der Waals surface area (Å²) in [5.74, 6) is 1.82. The number of nitrogens with two attached hydrogens (primary N) is 1. The normalized spacial score (nSPS) is 14.8. The molecule has 3 rings (SSSR count). The van der Waals surface area contributed by atoms with Crippen LogP contribution in [-0.2, 0) is 11.2 Å². The summed E-state index contributed by atoms with van der Waals surface area (Å²) in [6.45, 7) is 0.862. The molecule has 1 amide bonds. The fraction of sp³-hybridized carbons (Fsp3) is 0.458. The van der Waals surface area contributed by atoms with Crippen molar-refractivity contribution in [2.75, 3.05) is 25.6 Å². The lowest BCUT2D eigenvalue weighted by Crippen LogP contribution is -2.15. The van der Waals surface area contributed by atoms with E-state index in [0.29, 0.717) is 30.6 Å². The molecule has 2 aromatic carbocycles. The van der Waals surface area contributed by atoms with Crippen LogP contribution in [0.5, 0.6) is 11.5 Å². The van der Waals surface area contributed by atoms with E-state index in [1.165, 1.54) is 44.1 Å². The molecule has 0 unspecified atom stereocenters. The second-order valence-electron chi connectivity index (χ2n) is 7.66. The summed E-state index contributed by atoms with van der Waals surface area (Å²) in [6, 6.07) is 13.9. The van der Waals surface area contributed by atoms with Gasteiger partial charge in [-0.1, -0.05) is 43.9 Å². The Balaban J connectivity index is 1.62. The maximum Gasteiger partial charge on any atom is 0.228 e. The number of hydrogen-bond donors (Lipinski definition) is 2.